The van der Waals surface area contributed by atoms with Crippen molar-refractivity contribution >= 4 is 22.4 Å². The molecule has 2 rings (SSSR count). The van der Waals surface area contributed by atoms with Gasteiger partial charge in [-0.3, -0.25) is 4.79 Å². The molecule has 1 aromatic heterocycles. The van der Waals surface area contributed by atoms with Crippen LogP contribution in [0.15, 0.2) is 29.6 Å². The number of rotatable bonds is 5. The number of benzene rings is 1. The molecule has 0 saturated heterocycles. The Balaban J connectivity index is 2.08. The molecule has 1 heterocycles. The Bertz CT molecular complexity index is 586. The Kier molecular flexibility index (Phi) is 4.11. The minimum Gasteiger partial charge on any atom is -0.481 e. The monoisotopic (exact) mass is 280 g/mol. The van der Waals surface area contributed by atoms with E-state index in [1.807, 2.05) is 0 Å². The molecular formula is C13H13FN2O2S. The maximum absolute atomic E-state index is 13.5. The highest BCUT2D eigenvalue weighted by Crippen LogP contribution is 2.22. The van der Waals surface area contributed by atoms with E-state index in [1.54, 1.807) is 35.5 Å². The van der Waals surface area contributed by atoms with Crippen molar-refractivity contribution in [3.05, 3.63) is 46.7 Å². The zero-order valence-electron chi connectivity index (χ0n) is 10.3. The van der Waals surface area contributed by atoms with Crippen molar-refractivity contribution in [1.29, 1.82) is 0 Å². The van der Waals surface area contributed by atoms with Gasteiger partial charge < -0.3 is 10.0 Å². The van der Waals surface area contributed by atoms with E-state index in [-0.39, 0.29) is 12.2 Å². The summed E-state index contributed by atoms with van der Waals surface area (Å²) in [5.41, 5.74) is 1.10. The lowest BCUT2D eigenvalue weighted by Gasteiger charge is -2.16. The lowest BCUT2D eigenvalue weighted by Crippen LogP contribution is -2.17. The molecule has 0 spiro atoms. The number of carbonyl (C=O) groups is 1. The maximum Gasteiger partial charge on any atom is 0.309 e. The maximum atomic E-state index is 13.5. The van der Waals surface area contributed by atoms with Gasteiger partial charge in [0.05, 0.1) is 12.1 Å². The number of aromatic nitrogens is 1. The van der Waals surface area contributed by atoms with Gasteiger partial charge in [-0.1, -0.05) is 18.2 Å². The molecule has 0 bridgehead atoms. The van der Waals surface area contributed by atoms with Crippen LogP contribution in [0.25, 0.3) is 0 Å². The molecule has 100 valence electrons. The molecule has 0 aliphatic heterocycles. The summed E-state index contributed by atoms with van der Waals surface area (Å²) in [7, 11) is 1.80. The van der Waals surface area contributed by atoms with Crippen LogP contribution in [-0.4, -0.2) is 23.1 Å². The number of thiazole rings is 1. The first-order valence-corrected chi connectivity index (χ1v) is 6.55. The number of carboxylic acid groups (broad SMARTS) is 1. The molecule has 0 aliphatic carbocycles. The zero-order chi connectivity index (χ0) is 13.8. The summed E-state index contributed by atoms with van der Waals surface area (Å²) in [5, 5.41) is 11.1. The second kappa shape index (κ2) is 5.79. The molecular weight excluding hydrogens is 267 g/mol. The molecule has 6 heteroatoms. The lowest BCUT2D eigenvalue weighted by molar-refractivity contribution is -0.136. The largest absolute Gasteiger partial charge is 0.481 e. The smallest absolute Gasteiger partial charge is 0.309 e. The predicted molar refractivity (Wildman–Crippen MR) is 72.0 cm³/mol. The first-order chi connectivity index (χ1) is 9.06. The summed E-state index contributed by atoms with van der Waals surface area (Å²) >= 11 is 1.35. The Morgan fingerprint density at radius 2 is 2.21 bits per heavy atom. The molecule has 0 unspecified atom stereocenters. The summed E-state index contributed by atoms with van der Waals surface area (Å²) in [6.45, 7) is 0.396. The fourth-order valence-electron chi connectivity index (χ4n) is 1.66. The van der Waals surface area contributed by atoms with Crippen LogP contribution in [0.4, 0.5) is 9.52 Å². The van der Waals surface area contributed by atoms with Gasteiger partial charge in [0, 0.05) is 24.5 Å². The van der Waals surface area contributed by atoms with Crippen LogP contribution in [0, 0.1) is 5.82 Å². The van der Waals surface area contributed by atoms with E-state index in [1.165, 1.54) is 17.4 Å². The van der Waals surface area contributed by atoms with Crippen molar-refractivity contribution in [3.63, 3.8) is 0 Å². The summed E-state index contributed by atoms with van der Waals surface area (Å²) in [6.07, 6.45) is -0.0932. The number of hydrogen-bond donors (Lipinski definition) is 1. The molecule has 2 aromatic rings. The Hall–Kier alpha value is -1.95. The van der Waals surface area contributed by atoms with Crippen LogP contribution in [0.2, 0.25) is 0 Å². The van der Waals surface area contributed by atoms with Crippen LogP contribution in [0.1, 0.15) is 11.3 Å². The molecule has 4 nitrogen and oxygen atoms in total. The number of halogens is 1. The molecule has 0 fully saturated rings. The highest BCUT2D eigenvalue weighted by atomic mass is 32.1. The van der Waals surface area contributed by atoms with Crippen LogP contribution < -0.4 is 4.90 Å². The van der Waals surface area contributed by atoms with E-state index in [0.29, 0.717) is 22.9 Å². The van der Waals surface area contributed by atoms with Gasteiger partial charge in [-0.25, -0.2) is 9.37 Å². The third kappa shape index (κ3) is 3.51. The van der Waals surface area contributed by atoms with Gasteiger partial charge in [-0.2, -0.15) is 0 Å². The molecule has 0 radical (unpaired) electrons. The quantitative estimate of drug-likeness (QED) is 0.914. The Morgan fingerprint density at radius 1 is 1.47 bits per heavy atom. The molecule has 1 aromatic carbocycles. The number of aliphatic carboxylic acids is 1. The summed E-state index contributed by atoms with van der Waals surface area (Å²) in [4.78, 5) is 16.6. The summed E-state index contributed by atoms with van der Waals surface area (Å²) in [6, 6.07) is 6.57. The van der Waals surface area contributed by atoms with E-state index in [2.05, 4.69) is 4.98 Å². The van der Waals surface area contributed by atoms with Gasteiger partial charge in [0.25, 0.3) is 0 Å². The minimum absolute atomic E-state index is 0.0932. The summed E-state index contributed by atoms with van der Waals surface area (Å²) in [5.74, 6) is -1.16. The van der Waals surface area contributed by atoms with E-state index in [9.17, 15) is 9.18 Å². The molecule has 0 saturated carbocycles. The Labute approximate surface area is 114 Å². The van der Waals surface area contributed by atoms with Gasteiger partial charge in [-0.05, 0) is 6.07 Å². The lowest BCUT2D eigenvalue weighted by atomic mass is 10.2. The summed E-state index contributed by atoms with van der Waals surface area (Å²) < 4.78 is 13.5. The van der Waals surface area contributed by atoms with Crippen molar-refractivity contribution in [2.75, 3.05) is 11.9 Å². The van der Waals surface area contributed by atoms with Crippen molar-refractivity contribution in [3.8, 4) is 0 Å². The zero-order valence-corrected chi connectivity index (χ0v) is 11.2. The fraction of sp³-hybridized carbons (Fsp3) is 0.231. The van der Waals surface area contributed by atoms with Crippen molar-refractivity contribution < 1.29 is 14.3 Å². The highest BCUT2D eigenvalue weighted by molar-refractivity contribution is 7.13. The fourth-order valence-corrected chi connectivity index (χ4v) is 2.45. The van der Waals surface area contributed by atoms with Crippen molar-refractivity contribution in [2.45, 2.75) is 13.0 Å². The Morgan fingerprint density at radius 3 is 2.89 bits per heavy atom. The van der Waals surface area contributed by atoms with Gasteiger partial charge >= 0.3 is 5.97 Å². The predicted octanol–water partition coefficient (Wildman–Crippen LogP) is 2.55. The second-order valence-electron chi connectivity index (χ2n) is 4.14. The number of nitrogens with zero attached hydrogens (tertiary/aromatic N) is 2. The van der Waals surface area contributed by atoms with E-state index in [0.717, 1.165) is 0 Å². The van der Waals surface area contributed by atoms with Crippen LogP contribution in [0.5, 0.6) is 0 Å². The van der Waals surface area contributed by atoms with Crippen LogP contribution >= 0.6 is 11.3 Å². The average molecular weight is 280 g/mol. The normalized spacial score (nSPS) is 10.4. The highest BCUT2D eigenvalue weighted by Gasteiger charge is 2.11. The topological polar surface area (TPSA) is 53.4 Å². The molecule has 0 amide bonds. The average Bonchev–Trinajstić information content (AvgIpc) is 2.79. The van der Waals surface area contributed by atoms with E-state index >= 15 is 0 Å². The standard InChI is InChI=1S/C13H13FN2O2S/c1-16(7-9-4-2-3-5-11(9)14)13-15-10(8-19-13)6-12(17)18/h2-5,8H,6-7H2,1H3,(H,17,18). The first-order valence-electron chi connectivity index (χ1n) is 5.67. The number of carboxylic acids is 1. The minimum atomic E-state index is -0.909. The van der Waals surface area contributed by atoms with Gasteiger partial charge in [-0.15, -0.1) is 11.3 Å². The molecule has 1 N–H and O–H groups in total. The second-order valence-corrected chi connectivity index (χ2v) is 4.98. The molecule has 0 atom stereocenters. The third-order valence-electron chi connectivity index (χ3n) is 2.56. The number of hydrogen-bond acceptors (Lipinski definition) is 4. The van der Waals surface area contributed by atoms with Gasteiger partial charge in [0.1, 0.15) is 5.82 Å². The number of anilines is 1. The first kappa shape index (κ1) is 13.5. The van der Waals surface area contributed by atoms with Crippen molar-refractivity contribution in [1.82, 2.24) is 4.98 Å². The van der Waals surface area contributed by atoms with Gasteiger partial charge in [0.2, 0.25) is 0 Å². The van der Waals surface area contributed by atoms with Crippen LogP contribution in [-0.2, 0) is 17.8 Å². The van der Waals surface area contributed by atoms with E-state index in [4.69, 9.17) is 5.11 Å². The SMILES string of the molecule is CN(Cc1ccccc1F)c1nc(CC(=O)O)cs1. The molecule has 19 heavy (non-hydrogen) atoms. The van der Waals surface area contributed by atoms with Gasteiger partial charge in [0.15, 0.2) is 5.13 Å². The van der Waals surface area contributed by atoms with Crippen molar-refractivity contribution in [2.24, 2.45) is 0 Å². The van der Waals surface area contributed by atoms with E-state index < -0.39 is 5.97 Å². The van der Waals surface area contributed by atoms with Crippen LogP contribution in [0.3, 0.4) is 0 Å². The third-order valence-corrected chi connectivity index (χ3v) is 3.57. The molecule has 0 aliphatic rings.